The first-order valence-electron chi connectivity index (χ1n) is 9.09. The minimum atomic E-state index is 0.136. The molecule has 3 heterocycles. The number of hydrogen-bond donors (Lipinski definition) is 1. The predicted octanol–water partition coefficient (Wildman–Crippen LogP) is 3.52. The number of pyridine rings is 1. The Kier molecular flexibility index (Phi) is 5.09. The van der Waals surface area contributed by atoms with Crippen LogP contribution in [0, 0.1) is 0 Å². The zero-order chi connectivity index (χ0) is 18.8. The van der Waals surface area contributed by atoms with Crippen LogP contribution < -0.4 is 0 Å². The van der Waals surface area contributed by atoms with E-state index in [1.807, 2.05) is 30.6 Å². The van der Waals surface area contributed by atoms with E-state index >= 15 is 0 Å². The van der Waals surface area contributed by atoms with E-state index in [0.29, 0.717) is 6.42 Å². The highest BCUT2D eigenvalue weighted by atomic mass is 32.2. The van der Waals surface area contributed by atoms with Crippen molar-refractivity contribution in [1.82, 2.24) is 14.8 Å². The van der Waals surface area contributed by atoms with E-state index in [-0.39, 0.29) is 17.6 Å². The Balaban J connectivity index is 1.52. The molecular formula is C21H21N3O2S. The van der Waals surface area contributed by atoms with Crippen LogP contribution >= 0.6 is 11.8 Å². The van der Waals surface area contributed by atoms with Gasteiger partial charge in [0.1, 0.15) is 0 Å². The summed E-state index contributed by atoms with van der Waals surface area (Å²) in [5.74, 6) is 0.910. The number of hydrogen-bond acceptors (Lipinski definition) is 5. The van der Waals surface area contributed by atoms with Gasteiger partial charge in [0.05, 0.1) is 5.69 Å². The summed E-state index contributed by atoms with van der Waals surface area (Å²) in [5, 5.41) is 13.8. The van der Waals surface area contributed by atoms with Crippen LogP contribution in [0.15, 0.2) is 53.7 Å². The Morgan fingerprint density at radius 1 is 1.26 bits per heavy atom. The van der Waals surface area contributed by atoms with Gasteiger partial charge in [0.25, 0.3) is 0 Å². The third-order valence-corrected chi connectivity index (χ3v) is 5.84. The van der Waals surface area contributed by atoms with Crippen LogP contribution in [-0.4, -0.2) is 31.6 Å². The lowest BCUT2D eigenvalue weighted by Gasteiger charge is -2.11. The summed E-state index contributed by atoms with van der Waals surface area (Å²) in [6.45, 7) is 2.32. The van der Waals surface area contributed by atoms with Crippen LogP contribution in [0.5, 0.6) is 0 Å². The Morgan fingerprint density at radius 2 is 2.15 bits per heavy atom. The van der Waals surface area contributed by atoms with Gasteiger partial charge < -0.3 is 5.11 Å². The molecule has 6 heteroatoms. The Morgan fingerprint density at radius 3 is 2.93 bits per heavy atom. The second-order valence-corrected chi connectivity index (χ2v) is 7.88. The number of carbonyl (C=O) groups excluding carboxylic acids is 1. The monoisotopic (exact) mass is 379 g/mol. The van der Waals surface area contributed by atoms with Gasteiger partial charge in [0.2, 0.25) is 0 Å². The average Bonchev–Trinajstić information content (AvgIpc) is 3.31. The Hall–Kier alpha value is -2.44. The van der Waals surface area contributed by atoms with Crippen molar-refractivity contribution in [2.45, 2.75) is 37.0 Å². The van der Waals surface area contributed by atoms with Crippen molar-refractivity contribution >= 4 is 16.9 Å². The summed E-state index contributed by atoms with van der Waals surface area (Å²) in [6.07, 6.45) is 5.86. The van der Waals surface area contributed by atoms with E-state index < -0.39 is 0 Å². The lowest BCUT2D eigenvalue weighted by molar-refractivity contribution is -0.110. The number of aryl methyl sites for hydroxylation is 1. The molecule has 1 aliphatic rings. The molecule has 0 saturated heterocycles. The molecule has 0 spiro atoms. The van der Waals surface area contributed by atoms with E-state index in [1.165, 1.54) is 11.8 Å². The number of aliphatic hydroxyl groups is 1. The molecule has 138 valence electrons. The number of fused-ring (bicyclic) bond motifs is 1. The molecule has 0 fully saturated rings. The van der Waals surface area contributed by atoms with E-state index in [4.69, 9.17) is 10.2 Å². The van der Waals surface area contributed by atoms with Gasteiger partial charge in [-0.2, -0.15) is 5.10 Å². The normalized spacial score (nSPS) is 14.4. The number of benzene rings is 1. The van der Waals surface area contributed by atoms with Gasteiger partial charge in [-0.05, 0) is 47.7 Å². The molecule has 27 heavy (non-hydrogen) atoms. The molecule has 5 nitrogen and oxygen atoms in total. The lowest BCUT2D eigenvalue weighted by Crippen LogP contribution is -2.02. The Bertz CT molecular complexity index is 966. The topological polar surface area (TPSA) is 68.0 Å². The van der Waals surface area contributed by atoms with Crippen molar-refractivity contribution in [1.29, 1.82) is 0 Å². The van der Waals surface area contributed by atoms with Crippen molar-refractivity contribution in [3.8, 4) is 5.82 Å². The van der Waals surface area contributed by atoms with Crippen LogP contribution in [0.2, 0.25) is 0 Å². The van der Waals surface area contributed by atoms with Crippen LogP contribution in [0.4, 0.5) is 0 Å². The fourth-order valence-electron chi connectivity index (χ4n) is 3.25. The number of carbonyl (C=O) groups is 1. The van der Waals surface area contributed by atoms with Crippen molar-refractivity contribution < 1.29 is 9.90 Å². The SMILES string of the molecule is CC(c1ccc2c(c1)SC(=O)C2)c1ccn(-c2ccc(CCCO)cn2)n1. The molecule has 1 unspecified atom stereocenters. The molecule has 0 radical (unpaired) electrons. The molecule has 0 bridgehead atoms. The first-order valence-corrected chi connectivity index (χ1v) is 9.91. The molecular weight excluding hydrogens is 358 g/mol. The van der Waals surface area contributed by atoms with Crippen molar-refractivity contribution in [2.75, 3.05) is 6.61 Å². The quantitative estimate of drug-likeness (QED) is 0.710. The van der Waals surface area contributed by atoms with Crippen molar-refractivity contribution in [3.05, 3.63) is 71.2 Å². The van der Waals surface area contributed by atoms with E-state index in [0.717, 1.165) is 45.9 Å². The summed E-state index contributed by atoms with van der Waals surface area (Å²) in [7, 11) is 0. The maximum atomic E-state index is 11.6. The van der Waals surface area contributed by atoms with Crippen LogP contribution in [0.1, 0.15) is 41.6 Å². The number of aliphatic hydroxyl groups excluding tert-OH is 1. The summed E-state index contributed by atoms with van der Waals surface area (Å²) in [6, 6.07) is 12.3. The lowest BCUT2D eigenvalue weighted by atomic mass is 9.96. The number of aromatic nitrogens is 3. The third kappa shape index (κ3) is 3.82. The molecule has 4 rings (SSSR count). The summed E-state index contributed by atoms with van der Waals surface area (Å²) in [5.41, 5.74) is 4.36. The highest BCUT2D eigenvalue weighted by Crippen LogP contribution is 2.35. The summed E-state index contributed by atoms with van der Waals surface area (Å²) >= 11 is 1.34. The molecule has 1 aliphatic heterocycles. The van der Waals surface area contributed by atoms with Gasteiger partial charge in [-0.15, -0.1) is 0 Å². The Labute approximate surface area is 162 Å². The van der Waals surface area contributed by atoms with Gasteiger partial charge in [-0.25, -0.2) is 9.67 Å². The molecule has 1 atom stereocenters. The largest absolute Gasteiger partial charge is 0.396 e. The molecule has 2 aromatic heterocycles. The first-order chi connectivity index (χ1) is 13.1. The van der Waals surface area contributed by atoms with Crippen molar-refractivity contribution in [3.63, 3.8) is 0 Å². The van der Waals surface area contributed by atoms with Crippen LogP contribution in [0.25, 0.3) is 5.82 Å². The minimum Gasteiger partial charge on any atom is -0.396 e. The standard InChI is InChI=1S/C21H21N3O2S/c1-14(16-5-6-17-12-21(26)27-19(17)11-16)18-8-9-24(23-18)20-7-4-15(13-22-20)3-2-10-25/h4-9,11,13-14,25H,2-3,10,12H2,1H3. The molecule has 1 aromatic carbocycles. The first kappa shape index (κ1) is 17.9. The van der Waals surface area contributed by atoms with Gasteiger partial charge in [-0.3, -0.25) is 4.79 Å². The highest BCUT2D eigenvalue weighted by molar-refractivity contribution is 8.14. The van der Waals surface area contributed by atoms with Crippen LogP contribution in [0.3, 0.4) is 0 Å². The maximum Gasteiger partial charge on any atom is 0.198 e. The van der Waals surface area contributed by atoms with E-state index in [2.05, 4.69) is 30.1 Å². The molecule has 1 N–H and O–H groups in total. The highest BCUT2D eigenvalue weighted by Gasteiger charge is 2.21. The van der Waals surface area contributed by atoms with Gasteiger partial charge in [0.15, 0.2) is 10.9 Å². The zero-order valence-corrected chi connectivity index (χ0v) is 15.9. The fourth-order valence-corrected chi connectivity index (χ4v) is 4.19. The van der Waals surface area contributed by atoms with E-state index in [9.17, 15) is 4.79 Å². The van der Waals surface area contributed by atoms with E-state index in [1.54, 1.807) is 4.68 Å². The zero-order valence-electron chi connectivity index (χ0n) is 15.1. The van der Waals surface area contributed by atoms with Crippen molar-refractivity contribution in [2.24, 2.45) is 0 Å². The third-order valence-electron chi connectivity index (χ3n) is 4.87. The molecule has 0 aliphatic carbocycles. The number of thioether (sulfide) groups is 1. The average molecular weight is 379 g/mol. The minimum absolute atomic E-state index is 0.136. The number of rotatable bonds is 6. The smallest absolute Gasteiger partial charge is 0.198 e. The van der Waals surface area contributed by atoms with Gasteiger partial charge in [0, 0.05) is 36.2 Å². The summed E-state index contributed by atoms with van der Waals surface area (Å²) in [4.78, 5) is 17.2. The second-order valence-electron chi connectivity index (χ2n) is 6.78. The van der Waals surface area contributed by atoms with Gasteiger partial charge in [-0.1, -0.05) is 36.9 Å². The summed E-state index contributed by atoms with van der Waals surface area (Å²) < 4.78 is 1.79. The van der Waals surface area contributed by atoms with Gasteiger partial charge >= 0.3 is 0 Å². The predicted molar refractivity (Wildman–Crippen MR) is 105 cm³/mol. The second kappa shape index (κ2) is 7.66. The molecule has 0 amide bonds. The number of nitrogens with zero attached hydrogens (tertiary/aromatic N) is 3. The molecule has 0 saturated carbocycles. The molecule has 3 aromatic rings. The maximum absolute atomic E-state index is 11.6. The fraction of sp³-hybridized carbons (Fsp3) is 0.286. The van der Waals surface area contributed by atoms with Crippen LogP contribution in [-0.2, 0) is 17.6 Å².